The lowest BCUT2D eigenvalue weighted by atomic mass is 10.0. The number of carboxylic acids is 1. The number of methoxy groups -OCH3 is 1. The van der Waals surface area contributed by atoms with Gasteiger partial charge in [-0.2, -0.15) is 0 Å². The summed E-state index contributed by atoms with van der Waals surface area (Å²) in [6.45, 7) is 1.86. The molecule has 0 aliphatic heterocycles. The summed E-state index contributed by atoms with van der Waals surface area (Å²) in [6, 6.07) is 10.2. The Balaban J connectivity index is 2.50. The molecule has 0 aliphatic carbocycles. The third kappa shape index (κ3) is 3.62. The Bertz CT molecular complexity index is 752. The summed E-state index contributed by atoms with van der Waals surface area (Å²) in [5.74, 6) is -0.307. The summed E-state index contributed by atoms with van der Waals surface area (Å²) < 4.78 is 5.19. The van der Waals surface area contributed by atoms with Crippen LogP contribution in [0.2, 0.25) is 10.0 Å². The molecule has 0 unspecified atom stereocenters. The van der Waals surface area contributed by atoms with Crippen molar-refractivity contribution in [2.45, 2.75) is 6.92 Å². The Kier molecular flexibility index (Phi) is 5.11. The quantitative estimate of drug-likeness (QED) is 0.635. The van der Waals surface area contributed by atoms with Crippen LogP contribution in [0.25, 0.3) is 11.6 Å². The number of carboxylic acid groups (broad SMARTS) is 1. The van der Waals surface area contributed by atoms with Crippen molar-refractivity contribution in [1.29, 1.82) is 0 Å². The Labute approximate surface area is 138 Å². The van der Waals surface area contributed by atoms with Gasteiger partial charge in [-0.05, 0) is 54.0 Å². The minimum atomic E-state index is -1.02. The van der Waals surface area contributed by atoms with Crippen LogP contribution in [0.1, 0.15) is 16.7 Å². The van der Waals surface area contributed by atoms with Gasteiger partial charge >= 0.3 is 5.97 Å². The lowest BCUT2D eigenvalue weighted by Gasteiger charge is -2.08. The molecule has 5 heteroatoms. The highest BCUT2D eigenvalue weighted by atomic mass is 35.5. The topological polar surface area (TPSA) is 46.5 Å². The van der Waals surface area contributed by atoms with Gasteiger partial charge in [0.2, 0.25) is 0 Å². The first-order valence-corrected chi connectivity index (χ1v) is 7.23. The van der Waals surface area contributed by atoms with E-state index in [2.05, 4.69) is 0 Å². The van der Waals surface area contributed by atoms with E-state index in [0.29, 0.717) is 26.9 Å². The first-order chi connectivity index (χ1) is 10.4. The van der Waals surface area contributed by atoms with Gasteiger partial charge in [0.05, 0.1) is 22.7 Å². The molecule has 2 aromatic rings. The minimum absolute atomic E-state index is 0.171. The van der Waals surface area contributed by atoms with E-state index in [0.717, 1.165) is 5.56 Å². The van der Waals surface area contributed by atoms with Gasteiger partial charge in [-0.1, -0.05) is 35.3 Å². The molecule has 0 bridgehead atoms. The van der Waals surface area contributed by atoms with E-state index in [1.165, 1.54) is 0 Å². The van der Waals surface area contributed by atoms with Crippen molar-refractivity contribution >= 4 is 40.8 Å². The van der Waals surface area contributed by atoms with Gasteiger partial charge in [-0.15, -0.1) is 0 Å². The maximum atomic E-state index is 11.6. The standard InChI is InChI=1S/C17H14Cl2O3/c1-10-7-12(4-6-16(10)22-2)13(17(20)21)8-11-3-5-14(18)15(19)9-11/h3-9H,1-2H3,(H,20,21)/b13-8-. The first-order valence-electron chi connectivity index (χ1n) is 6.47. The smallest absolute Gasteiger partial charge is 0.336 e. The number of hydrogen-bond acceptors (Lipinski definition) is 2. The molecule has 2 aromatic carbocycles. The molecule has 0 heterocycles. The highest BCUT2D eigenvalue weighted by molar-refractivity contribution is 6.42. The van der Waals surface area contributed by atoms with Gasteiger partial charge in [0.15, 0.2) is 0 Å². The molecule has 0 spiro atoms. The fourth-order valence-corrected chi connectivity index (χ4v) is 2.39. The Hall–Kier alpha value is -1.97. The summed E-state index contributed by atoms with van der Waals surface area (Å²) in [7, 11) is 1.58. The fourth-order valence-electron chi connectivity index (χ4n) is 2.08. The Morgan fingerprint density at radius 1 is 1.14 bits per heavy atom. The van der Waals surface area contributed by atoms with Crippen LogP contribution < -0.4 is 4.74 Å². The predicted molar refractivity (Wildman–Crippen MR) is 89.7 cm³/mol. The number of carbonyl (C=O) groups is 1. The molecular formula is C17H14Cl2O3. The van der Waals surface area contributed by atoms with E-state index in [1.54, 1.807) is 49.6 Å². The molecule has 0 aromatic heterocycles. The van der Waals surface area contributed by atoms with E-state index >= 15 is 0 Å². The molecule has 0 amide bonds. The third-order valence-corrected chi connectivity index (χ3v) is 3.93. The zero-order valence-corrected chi connectivity index (χ0v) is 13.6. The van der Waals surface area contributed by atoms with Crippen molar-refractivity contribution in [2.75, 3.05) is 7.11 Å². The molecule has 0 radical (unpaired) electrons. The van der Waals surface area contributed by atoms with E-state index in [-0.39, 0.29) is 5.57 Å². The average Bonchev–Trinajstić information content (AvgIpc) is 2.48. The Morgan fingerprint density at radius 2 is 1.86 bits per heavy atom. The SMILES string of the molecule is COc1ccc(/C(=C/c2ccc(Cl)c(Cl)c2)C(=O)O)cc1C. The van der Waals surface area contributed by atoms with Crippen LogP contribution in [0.3, 0.4) is 0 Å². The summed E-state index contributed by atoms with van der Waals surface area (Å²) in [5.41, 5.74) is 2.29. The second kappa shape index (κ2) is 6.86. The van der Waals surface area contributed by atoms with Gasteiger partial charge in [-0.25, -0.2) is 4.79 Å². The number of rotatable bonds is 4. The highest BCUT2D eigenvalue weighted by Crippen LogP contribution is 2.27. The molecule has 0 aliphatic rings. The minimum Gasteiger partial charge on any atom is -0.496 e. The van der Waals surface area contributed by atoms with Crippen molar-refractivity contribution in [3.05, 3.63) is 63.1 Å². The first kappa shape index (κ1) is 16.4. The molecule has 0 saturated heterocycles. The number of hydrogen-bond donors (Lipinski definition) is 1. The molecule has 3 nitrogen and oxygen atoms in total. The van der Waals surface area contributed by atoms with Crippen molar-refractivity contribution in [2.24, 2.45) is 0 Å². The van der Waals surface area contributed by atoms with Crippen molar-refractivity contribution in [3.8, 4) is 5.75 Å². The normalized spacial score (nSPS) is 11.4. The number of aryl methyl sites for hydroxylation is 1. The molecule has 22 heavy (non-hydrogen) atoms. The van der Waals surface area contributed by atoms with Crippen molar-refractivity contribution in [1.82, 2.24) is 0 Å². The van der Waals surface area contributed by atoms with E-state index in [9.17, 15) is 9.90 Å². The summed E-state index contributed by atoms with van der Waals surface area (Å²) >= 11 is 11.8. The van der Waals surface area contributed by atoms with Crippen LogP contribution in [0, 0.1) is 6.92 Å². The largest absolute Gasteiger partial charge is 0.496 e. The number of aliphatic carboxylic acids is 1. The fraction of sp³-hybridized carbons (Fsp3) is 0.118. The number of halogens is 2. The zero-order chi connectivity index (χ0) is 16.3. The average molecular weight is 337 g/mol. The van der Waals surface area contributed by atoms with Crippen molar-refractivity contribution < 1.29 is 14.6 Å². The number of benzene rings is 2. The van der Waals surface area contributed by atoms with E-state index in [1.807, 2.05) is 6.92 Å². The molecular weight excluding hydrogens is 323 g/mol. The maximum absolute atomic E-state index is 11.6. The second-order valence-corrected chi connectivity index (χ2v) is 5.54. The molecule has 2 rings (SSSR count). The second-order valence-electron chi connectivity index (χ2n) is 4.72. The van der Waals surface area contributed by atoms with Crippen LogP contribution in [-0.4, -0.2) is 18.2 Å². The van der Waals surface area contributed by atoms with Crippen LogP contribution >= 0.6 is 23.2 Å². The highest BCUT2D eigenvalue weighted by Gasteiger charge is 2.12. The van der Waals surface area contributed by atoms with Gasteiger partial charge in [0.1, 0.15) is 5.75 Å². The number of ether oxygens (including phenoxy) is 1. The molecule has 0 atom stereocenters. The van der Waals surface area contributed by atoms with Crippen LogP contribution in [0.4, 0.5) is 0 Å². The van der Waals surface area contributed by atoms with E-state index in [4.69, 9.17) is 27.9 Å². The van der Waals surface area contributed by atoms with Crippen LogP contribution in [0.15, 0.2) is 36.4 Å². The molecule has 0 saturated carbocycles. The summed E-state index contributed by atoms with van der Waals surface area (Å²) in [5, 5.41) is 10.3. The van der Waals surface area contributed by atoms with Crippen molar-refractivity contribution in [3.63, 3.8) is 0 Å². The van der Waals surface area contributed by atoms with Gasteiger partial charge in [0.25, 0.3) is 0 Å². The predicted octanol–water partition coefficient (Wildman–Crippen LogP) is 4.94. The summed E-state index contributed by atoms with van der Waals surface area (Å²) in [6.07, 6.45) is 1.56. The molecule has 1 N–H and O–H groups in total. The third-order valence-electron chi connectivity index (χ3n) is 3.19. The van der Waals surface area contributed by atoms with E-state index < -0.39 is 5.97 Å². The Morgan fingerprint density at radius 3 is 2.41 bits per heavy atom. The van der Waals surface area contributed by atoms with Crippen LogP contribution in [-0.2, 0) is 4.79 Å². The lowest BCUT2D eigenvalue weighted by molar-refractivity contribution is -0.130. The molecule has 114 valence electrons. The van der Waals surface area contributed by atoms with Gasteiger partial charge in [-0.3, -0.25) is 0 Å². The van der Waals surface area contributed by atoms with Crippen LogP contribution in [0.5, 0.6) is 5.75 Å². The van der Waals surface area contributed by atoms with Gasteiger partial charge < -0.3 is 9.84 Å². The molecule has 0 fully saturated rings. The monoisotopic (exact) mass is 336 g/mol. The maximum Gasteiger partial charge on any atom is 0.336 e. The zero-order valence-electron chi connectivity index (χ0n) is 12.1. The lowest BCUT2D eigenvalue weighted by Crippen LogP contribution is -2.00. The summed E-state index contributed by atoms with van der Waals surface area (Å²) in [4.78, 5) is 11.6. The van der Waals surface area contributed by atoms with Gasteiger partial charge in [0, 0.05) is 0 Å².